The lowest BCUT2D eigenvalue weighted by atomic mass is 10.1. The SMILES string of the molecule is COc1ccc(CCNc2nc(-c3ccc(NC(=O)C(C)C)cc3)cs2)cc1OC. The van der Waals surface area contributed by atoms with Gasteiger partial charge in [0.1, 0.15) is 0 Å². The van der Waals surface area contributed by atoms with Crippen molar-refractivity contribution in [2.45, 2.75) is 20.3 Å². The van der Waals surface area contributed by atoms with E-state index < -0.39 is 0 Å². The summed E-state index contributed by atoms with van der Waals surface area (Å²) in [7, 11) is 3.27. The van der Waals surface area contributed by atoms with E-state index in [1.807, 2.05) is 61.7 Å². The van der Waals surface area contributed by atoms with Gasteiger partial charge < -0.3 is 20.1 Å². The van der Waals surface area contributed by atoms with Crippen LogP contribution in [0.2, 0.25) is 0 Å². The Bertz CT molecular complexity index is 984. The molecule has 6 nitrogen and oxygen atoms in total. The Balaban J connectivity index is 1.56. The smallest absolute Gasteiger partial charge is 0.226 e. The Morgan fingerprint density at radius 3 is 2.47 bits per heavy atom. The van der Waals surface area contributed by atoms with Crippen LogP contribution in [0.25, 0.3) is 11.3 Å². The largest absolute Gasteiger partial charge is 0.493 e. The molecule has 0 aliphatic carbocycles. The van der Waals surface area contributed by atoms with E-state index in [4.69, 9.17) is 9.47 Å². The number of methoxy groups -OCH3 is 2. The summed E-state index contributed by atoms with van der Waals surface area (Å²) >= 11 is 1.58. The molecule has 3 aromatic rings. The number of carbonyl (C=O) groups is 1. The van der Waals surface area contributed by atoms with Gasteiger partial charge in [-0.05, 0) is 36.2 Å². The summed E-state index contributed by atoms with van der Waals surface area (Å²) in [5, 5.41) is 9.18. The van der Waals surface area contributed by atoms with Crippen molar-refractivity contribution in [3.8, 4) is 22.8 Å². The maximum absolute atomic E-state index is 11.8. The predicted molar refractivity (Wildman–Crippen MR) is 123 cm³/mol. The molecule has 2 aromatic carbocycles. The maximum atomic E-state index is 11.8. The fraction of sp³-hybridized carbons (Fsp3) is 0.304. The first-order chi connectivity index (χ1) is 14.5. The Kier molecular flexibility index (Phi) is 7.30. The second-order valence-electron chi connectivity index (χ2n) is 7.13. The highest BCUT2D eigenvalue weighted by Gasteiger charge is 2.09. The number of anilines is 2. The van der Waals surface area contributed by atoms with Crippen LogP contribution < -0.4 is 20.1 Å². The number of ether oxygens (including phenoxy) is 2. The molecule has 0 fully saturated rings. The molecule has 0 saturated heterocycles. The van der Waals surface area contributed by atoms with Crippen molar-refractivity contribution in [1.82, 2.24) is 4.98 Å². The first-order valence-corrected chi connectivity index (χ1v) is 10.7. The number of benzene rings is 2. The monoisotopic (exact) mass is 425 g/mol. The van der Waals surface area contributed by atoms with Gasteiger partial charge in [0, 0.05) is 29.1 Å². The Hall–Kier alpha value is -3.06. The lowest BCUT2D eigenvalue weighted by Crippen LogP contribution is -2.17. The summed E-state index contributed by atoms with van der Waals surface area (Å²) in [6.07, 6.45) is 0.847. The van der Waals surface area contributed by atoms with Crippen molar-refractivity contribution in [1.29, 1.82) is 0 Å². The van der Waals surface area contributed by atoms with Crippen molar-refractivity contribution in [3.63, 3.8) is 0 Å². The lowest BCUT2D eigenvalue weighted by molar-refractivity contribution is -0.118. The molecule has 2 N–H and O–H groups in total. The molecule has 30 heavy (non-hydrogen) atoms. The number of carbonyl (C=O) groups excluding carboxylic acids is 1. The van der Waals surface area contributed by atoms with Crippen LogP contribution in [-0.2, 0) is 11.2 Å². The molecule has 0 aliphatic rings. The van der Waals surface area contributed by atoms with E-state index in [-0.39, 0.29) is 11.8 Å². The summed E-state index contributed by atoms with van der Waals surface area (Å²) in [4.78, 5) is 16.5. The van der Waals surface area contributed by atoms with Gasteiger partial charge in [0.05, 0.1) is 19.9 Å². The highest BCUT2D eigenvalue weighted by molar-refractivity contribution is 7.14. The van der Waals surface area contributed by atoms with Gasteiger partial charge in [0.2, 0.25) is 5.91 Å². The molecule has 1 aromatic heterocycles. The molecule has 7 heteroatoms. The Labute approximate surface area is 181 Å². The van der Waals surface area contributed by atoms with Crippen LogP contribution in [0.5, 0.6) is 11.5 Å². The zero-order valence-corrected chi connectivity index (χ0v) is 18.5. The molecule has 0 spiro atoms. The van der Waals surface area contributed by atoms with Crippen LogP contribution >= 0.6 is 11.3 Å². The van der Waals surface area contributed by atoms with Crippen molar-refractivity contribution in [3.05, 3.63) is 53.4 Å². The number of hydrogen-bond donors (Lipinski definition) is 2. The van der Waals surface area contributed by atoms with Crippen molar-refractivity contribution < 1.29 is 14.3 Å². The standard InChI is InChI=1S/C23H27N3O3S/c1-15(2)22(27)25-18-8-6-17(7-9-18)19-14-30-23(26-19)24-12-11-16-5-10-20(28-3)21(13-16)29-4/h5-10,13-15H,11-12H2,1-4H3,(H,24,26)(H,25,27). The van der Waals surface area contributed by atoms with Crippen molar-refractivity contribution >= 4 is 28.1 Å². The zero-order valence-electron chi connectivity index (χ0n) is 17.7. The molecule has 1 heterocycles. The van der Waals surface area contributed by atoms with E-state index in [2.05, 4.69) is 15.6 Å². The average molecular weight is 426 g/mol. The average Bonchev–Trinajstić information content (AvgIpc) is 3.23. The van der Waals surface area contributed by atoms with Gasteiger partial charge in [0.25, 0.3) is 0 Å². The number of aromatic nitrogens is 1. The fourth-order valence-corrected chi connectivity index (χ4v) is 3.60. The topological polar surface area (TPSA) is 72.5 Å². The molecule has 0 bridgehead atoms. The maximum Gasteiger partial charge on any atom is 0.226 e. The third-order valence-corrected chi connectivity index (χ3v) is 5.41. The van der Waals surface area contributed by atoms with Gasteiger partial charge >= 0.3 is 0 Å². The summed E-state index contributed by atoms with van der Waals surface area (Å²) in [5.41, 5.74) is 3.88. The van der Waals surface area contributed by atoms with Gasteiger partial charge in [-0.25, -0.2) is 4.98 Å². The van der Waals surface area contributed by atoms with E-state index in [0.717, 1.165) is 52.1 Å². The fourth-order valence-electron chi connectivity index (χ4n) is 2.85. The number of hydrogen-bond acceptors (Lipinski definition) is 6. The number of amides is 1. The number of thiazole rings is 1. The quantitative estimate of drug-likeness (QED) is 0.500. The molecular weight excluding hydrogens is 398 g/mol. The highest BCUT2D eigenvalue weighted by Crippen LogP contribution is 2.28. The van der Waals surface area contributed by atoms with Crippen LogP contribution in [0.1, 0.15) is 19.4 Å². The summed E-state index contributed by atoms with van der Waals surface area (Å²) < 4.78 is 10.6. The molecule has 0 unspecified atom stereocenters. The number of rotatable bonds is 9. The van der Waals surface area contributed by atoms with E-state index in [0.29, 0.717) is 0 Å². The van der Waals surface area contributed by atoms with E-state index in [1.54, 1.807) is 25.6 Å². The van der Waals surface area contributed by atoms with Crippen LogP contribution in [0.3, 0.4) is 0 Å². The molecule has 3 rings (SSSR count). The van der Waals surface area contributed by atoms with Crippen molar-refractivity contribution in [2.75, 3.05) is 31.4 Å². The van der Waals surface area contributed by atoms with Crippen LogP contribution in [0, 0.1) is 5.92 Å². The molecule has 0 atom stereocenters. The van der Waals surface area contributed by atoms with E-state index >= 15 is 0 Å². The Morgan fingerprint density at radius 2 is 1.80 bits per heavy atom. The molecule has 0 saturated carbocycles. The van der Waals surface area contributed by atoms with Gasteiger partial charge in [-0.1, -0.05) is 32.0 Å². The summed E-state index contributed by atoms with van der Waals surface area (Å²) in [6, 6.07) is 13.7. The van der Waals surface area contributed by atoms with Gasteiger partial charge in [-0.3, -0.25) is 4.79 Å². The van der Waals surface area contributed by atoms with Crippen molar-refractivity contribution in [2.24, 2.45) is 5.92 Å². The van der Waals surface area contributed by atoms with Crippen LogP contribution in [0.15, 0.2) is 47.8 Å². The first-order valence-electron chi connectivity index (χ1n) is 9.81. The predicted octanol–water partition coefficient (Wildman–Crippen LogP) is 5.08. The minimum atomic E-state index is -0.0455. The molecule has 158 valence electrons. The van der Waals surface area contributed by atoms with Crippen LogP contribution in [-0.4, -0.2) is 31.7 Å². The van der Waals surface area contributed by atoms with Gasteiger partial charge in [-0.2, -0.15) is 0 Å². The lowest BCUT2D eigenvalue weighted by Gasteiger charge is -2.09. The summed E-state index contributed by atoms with van der Waals surface area (Å²) in [6.45, 7) is 4.51. The summed E-state index contributed by atoms with van der Waals surface area (Å²) in [5.74, 6) is 1.43. The second kappa shape index (κ2) is 10.1. The van der Waals surface area contributed by atoms with Crippen LogP contribution in [0.4, 0.5) is 10.8 Å². The minimum Gasteiger partial charge on any atom is -0.493 e. The number of nitrogens with zero attached hydrogens (tertiary/aromatic N) is 1. The normalized spacial score (nSPS) is 10.7. The molecular formula is C23H27N3O3S. The molecule has 0 radical (unpaired) electrons. The molecule has 1 amide bonds. The highest BCUT2D eigenvalue weighted by atomic mass is 32.1. The zero-order chi connectivity index (χ0) is 21.5. The first kappa shape index (κ1) is 21.6. The van der Waals surface area contributed by atoms with Gasteiger partial charge in [0.15, 0.2) is 16.6 Å². The molecule has 0 aliphatic heterocycles. The van der Waals surface area contributed by atoms with Gasteiger partial charge in [-0.15, -0.1) is 11.3 Å². The third kappa shape index (κ3) is 5.51. The van der Waals surface area contributed by atoms with E-state index in [1.165, 1.54) is 0 Å². The second-order valence-corrected chi connectivity index (χ2v) is 7.98. The number of nitrogens with one attached hydrogen (secondary N) is 2. The van der Waals surface area contributed by atoms with E-state index in [9.17, 15) is 4.79 Å². The third-order valence-electron chi connectivity index (χ3n) is 4.61. The Morgan fingerprint density at radius 1 is 1.07 bits per heavy atom. The minimum absolute atomic E-state index is 0.0115.